The number of amides is 1. The van der Waals surface area contributed by atoms with Crippen molar-refractivity contribution in [3.05, 3.63) is 71.8 Å². The molecule has 0 unspecified atom stereocenters. The highest BCUT2D eigenvalue weighted by atomic mass is 16.5. The van der Waals surface area contributed by atoms with Crippen molar-refractivity contribution in [2.45, 2.75) is 6.92 Å². The van der Waals surface area contributed by atoms with Crippen LogP contribution in [0.2, 0.25) is 0 Å². The molecule has 0 fully saturated rings. The lowest BCUT2D eigenvalue weighted by Gasteiger charge is -2.09. The van der Waals surface area contributed by atoms with E-state index in [1.165, 1.54) is 0 Å². The van der Waals surface area contributed by atoms with Gasteiger partial charge in [-0.15, -0.1) is 0 Å². The summed E-state index contributed by atoms with van der Waals surface area (Å²) in [6.45, 7) is 1.87. The molecule has 1 N–H and O–H groups in total. The van der Waals surface area contributed by atoms with Crippen LogP contribution >= 0.6 is 0 Å². The van der Waals surface area contributed by atoms with Crippen LogP contribution in [0.1, 0.15) is 18.1 Å². The molecular weight excluding hydrogens is 290 g/mol. The average Bonchev–Trinajstić information content (AvgIpc) is 2.59. The predicted molar refractivity (Wildman–Crippen MR) is 90.4 cm³/mol. The monoisotopic (exact) mass is 309 g/mol. The van der Waals surface area contributed by atoms with E-state index in [1.807, 2.05) is 60.7 Å². The number of rotatable bonds is 6. The number of ether oxygens (including phenoxy) is 1. The van der Waals surface area contributed by atoms with Crippen molar-refractivity contribution < 1.29 is 14.3 Å². The number of benzene rings is 2. The normalized spacial score (nSPS) is 10.9. The third-order valence-corrected chi connectivity index (χ3v) is 3.14. The Balaban J connectivity index is 2.22. The minimum absolute atomic E-state index is 0.147. The molecule has 0 aliphatic heterocycles. The van der Waals surface area contributed by atoms with Crippen LogP contribution in [0.5, 0.6) is 0 Å². The average molecular weight is 309 g/mol. The maximum atomic E-state index is 12.5. The summed E-state index contributed by atoms with van der Waals surface area (Å²) in [6.07, 6.45) is 1.80. The molecule has 0 bridgehead atoms. The van der Waals surface area contributed by atoms with Crippen LogP contribution in [0.4, 0.5) is 0 Å². The summed E-state index contributed by atoms with van der Waals surface area (Å²) in [5.74, 6) is -0.763. The lowest BCUT2D eigenvalue weighted by atomic mass is 10.0. The summed E-state index contributed by atoms with van der Waals surface area (Å²) >= 11 is 0. The molecule has 0 aliphatic rings. The van der Waals surface area contributed by atoms with E-state index in [1.54, 1.807) is 13.0 Å². The standard InChI is InChI=1S/C19H19NO3/c1-2-23-18(21)14-20-19(22)17(16-11-7-4-8-12-16)13-15-9-5-3-6-10-15/h3-13H,2,14H2,1H3,(H,20,22)/b17-13-. The van der Waals surface area contributed by atoms with E-state index < -0.39 is 5.97 Å². The number of carbonyl (C=O) groups is 2. The van der Waals surface area contributed by atoms with E-state index in [4.69, 9.17) is 4.74 Å². The molecule has 118 valence electrons. The SMILES string of the molecule is CCOC(=O)CNC(=O)/C(=C\c1ccccc1)c1ccccc1. The molecule has 2 aromatic carbocycles. The molecule has 1 amide bonds. The molecule has 2 aromatic rings. The Labute approximate surface area is 135 Å². The Bertz CT molecular complexity index is 678. The van der Waals surface area contributed by atoms with Gasteiger partial charge in [0.05, 0.1) is 6.61 Å². The van der Waals surface area contributed by atoms with E-state index in [0.717, 1.165) is 11.1 Å². The highest BCUT2D eigenvalue weighted by molar-refractivity contribution is 6.24. The van der Waals surface area contributed by atoms with Crippen LogP contribution in [-0.4, -0.2) is 25.0 Å². The van der Waals surface area contributed by atoms with Crippen molar-refractivity contribution in [2.75, 3.05) is 13.2 Å². The number of carbonyl (C=O) groups excluding carboxylic acids is 2. The van der Waals surface area contributed by atoms with Crippen molar-refractivity contribution in [3.63, 3.8) is 0 Å². The fraction of sp³-hybridized carbons (Fsp3) is 0.158. The molecule has 4 heteroatoms. The molecular formula is C19H19NO3. The van der Waals surface area contributed by atoms with Gasteiger partial charge in [0, 0.05) is 5.57 Å². The number of nitrogens with one attached hydrogen (secondary N) is 1. The van der Waals surface area contributed by atoms with Crippen molar-refractivity contribution >= 4 is 23.5 Å². The van der Waals surface area contributed by atoms with E-state index in [0.29, 0.717) is 12.2 Å². The minimum atomic E-state index is -0.451. The van der Waals surface area contributed by atoms with Crippen LogP contribution in [0, 0.1) is 0 Å². The van der Waals surface area contributed by atoms with E-state index >= 15 is 0 Å². The summed E-state index contributed by atoms with van der Waals surface area (Å²) in [5.41, 5.74) is 2.21. The zero-order valence-electron chi connectivity index (χ0n) is 13.0. The van der Waals surface area contributed by atoms with Gasteiger partial charge in [0.1, 0.15) is 6.54 Å². The van der Waals surface area contributed by atoms with Crippen molar-refractivity contribution in [3.8, 4) is 0 Å². The molecule has 0 saturated carbocycles. The summed E-state index contributed by atoms with van der Waals surface area (Å²) in [4.78, 5) is 23.9. The van der Waals surface area contributed by atoms with Gasteiger partial charge in [-0.1, -0.05) is 60.7 Å². The molecule has 0 atom stereocenters. The quantitative estimate of drug-likeness (QED) is 0.507. The van der Waals surface area contributed by atoms with E-state index in [9.17, 15) is 9.59 Å². The zero-order chi connectivity index (χ0) is 16.5. The molecule has 0 radical (unpaired) electrons. The fourth-order valence-corrected chi connectivity index (χ4v) is 2.07. The molecule has 0 heterocycles. The second-order valence-corrected chi connectivity index (χ2v) is 4.82. The number of esters is 1. The van der Waals surface area contributed by atoms with Crippen molar-refractivity contribution in [1.82, 2.24) is 5.32 Å². The van der Waals surface area contributed by atoms with Gasteiger partial charge in [-0.25, -0.2) is 0 Å². The molecule has 4 nitrogen and oxygen atoms in total. The summed E-state index contributed by atoms with van der Waals surface area (Å²) in [5, 5.41) is 2.60. The zero-order valence-corrected chi connectivity index (χ0v) is 13.0. The Hall–Kier alpha value is -2.88. The Morgan fingerprint density at radius 2 is 1.61 bits per heavy atom. The smallest absolute Gasteiger partial charge is 0.325 e. The molecule has 0 aliphatic carbocycles. The first-order valence-corrected chi connectivity index (χ1v) is 7.46. The molecule has 0 saturated heterocycles. The first-order valence-electron chi connectivity index (χ1n) is 7.46. The van der Waals surface area contributed by atoms with Gasteiger partial charge in [0.15, 0.2) is 0 Å². The van der Waals surface area contributed by atoms with Gasteiger partial charge < -0.3 is 10.1 Å². The second kappa shape index (κ2) is 8.54. The van der Waals surface area contributed by atoms with Gasteiger partial charge in [-0.3, -0.25) is 9.59 Å². The Morgan fingerprint density at radius 1 is 1.00 bits per heavy atom. The lowest BCUT2D eigenvalue weighted by molar-refractivity contribution is -0.143. The van der Waals surface area contributed by atoms with Gasteiger partial charge in [-0.05, 0) is 24.1 Å². The van der Waals surface area contributed by atoms with Gasteiger partial charge in [0.25, 0.3) is 5.91 Å². The Kier molecular flexibility index (Phi) is 6.12. The highest BCUT2D eigenvalue weighted by Gasteiger charge is 2.13. The van der Waals surface area contributed by atoms with E-state index in [-0.39, 0.29) is 12.5 Å². The first-order chi connectivity index (χ1) is 11.2. The number of hydrogen-bond acceptors (Lipinski definition) is 3. The van der Waals surface area contributed by atoms with Crippen molar-refractivity contribution in [1.29, 1.82) is 0 Å². The van der Waals surface area contributed by atoms with E-state index in [2.05, 4.69) is 5.32 Å². The van der Waals surface area contributed by atoms with Crippen LogP contribution in [-0.2, 0) is 14.3 Å². The summed E-state index contributed by atoms with van der Waals surface area (Å²) in [7, 11) is 0. The first kappa shape index (κ1) is 16.5. The van der Waals surface area contributed by atoms with Crippen LogP contribution < -0.4 is 5.32 Å². The van der Waals surface area contributed by atoms with Crippen molar-refractivity contribution in [2.24, 2.45) is 0 Å². The third kappa shape index (κ3) is 5.11. The maximum Gasteiger partial charge on any atom is 0.325 e. The van der Waals surface area contributed by atoms with Gasteiger partial charge >= 0.3 is 5.97 Å². The van der Waals surface area contributed by atoms with Crippen LogP contribution in [0.15, 0.2) is 60.7 Å². The second-order valence-electron chi connectivity index (χ2n) is 4.82. The molecule has 2 rings (SSSR count). The maximum absolute atomic E-state index is 12.5. The van der Waals surface area contributed by atoms with Gasteiger partial charge in [0.2, 0.25) is 0 Å². The summed E-state index contributed by atoms with van der Waals surface area (Å²) < 4.78 is 4.82. The summed E-state index contributed by atoms with van der Waals surface area (Å²) in [6, 6.07) is 18.9. The Morgan fingerprint density at radius 3 is 2.22 bits per heavy atom. The predicted octanol–water partition coefficient (Wildman–Crippen LogP) is 2.91. The van der Waals surface area contributed by atoms with Crippen LogP contribution in [0.3, 0.4) is 0 Å². The third-order valence-electron chi connectivity index (χ3n) is 3.14. The van der Waals surface area contributed by atoms with Gasteiger partial charge in [-0.2, -0.15) is 0 Å². The fourth-order valence-electron chi connectivity index (χ4n) is 2.07. The number of hydrogen-bond donors (Lipinski definition) is 1. The minimum Gasteiger partial charge on any atom is -0.465 e. The molecule has 0 spiro atoms. The highest BCUT2D eigenvalue weighted by Crippen LogP contribution is 2.18. The lowest BCUT2D eigenvalue weighted by Crippen LogP contribution is -2.31. The topological polar surface area (TPSA) is 55.4 Å². The molecule has 0 aromatic heterocycles. The van der Waals surface area contributed by atoms with Crippen LogP contribution in [0.25, 0.3) is 11.6 Å². The molecule has 23 heavy (non-hydrogen) atoms. The largest absolute Gasteiger partial charge is 0.465 e.